The van der Waals surface area contributed by atoms with Crippen LogP contribution < -0.4 is 0 Å². The highest BCUT2D eigenvalue weighted by Gasteiger charge is 2.46. The summed E-state index contributed by atoms with van der Waals surface area (Å²) >= 11 is 0. The van der Waals surface area contributed by atoms with Crippen molar-refractivity contribution in [3.05, 3.63) is 0 Å². The minimum absolute atomic E-state index is 0.231. The summed E-state index contributed by atoms with van der Waals surface area (Å²) in [5.41, 5.74) is -0.549. The van der Waals surface area contributed by atoms with Crippen LogP contribution in [-0.2, 0) is 14.6 Å². The van der Waals surface area contributed by atoms with Crippen LogP contribution in [-0.4, -0.2) is 49.1 Å². The number of amides is 1. The molecule has 1 saturated heterocycles. The molecule has 0 spiro atoms. The molecule has 1 fully saturated rings. The first-order valence-corrected chi connectivity index (χ1v) is 7.16. The largest absolute Gasteiger partial charge is 0.444 e. The van der Waals surface area contributed by atoms with Gasteiger partial charge in [0.2, 0.25) is 0 Å². The van der Waals surface area contributed by atoms with E-state index in [9.17, 15) is 13.2 Å². The third-order valence-corrected chi connectivity index (χ3v) is 4.23. The lowest BCUT2D eigenvalue weighted by Gasteiger charge is -2.44. The molecule has 0 aromatic carbocycles. The van der Waals surface area contributed by atoms with Crippen molar-refractivity contribution in [1.82, 2.24) is 4.90 Å². The Bertz CT molecular complexity index is 382. The predicted octanol–water partition coefficient (Wildman–Crippen LogP) is 1.04. The fourth-order valence-corrected chi connectivity index (χ4v) is 2.92. The van der Waals surface area contributed by atoms with Crippen molar-refractivity contribution in [2.24, 2.45) is 0 Å². The fourth-order valence-electron chi connectivity index (χ4n) is 1.63. The van der Waals surface area contributed by atoms with Crippen molar-refractivity contribution < 1.29 is 17.9 Å². The van der Waals surface area contributed by atoms with Crippen LogP contribution in [0.25, 0.3) is 0 Å². The van der Waals surface area contributed by atoms with E-state index >= 15 is 0 Å². The highest BCUT2D eigenvalue weighted by atomic mass is 32.2. The van der Waals surface area contributed by atoms with Crippen LogP contribution in [0, 0.1) is 0 Å². The van der Waals surface area contributed by atoms with Crippen LogP contribution in [0.1, 0.15) is 27.7 Å². The van der Waals surface area contributed by atoms with E-state index in [1.54, 1.807) is 27.7 Å². The number of carbonyl (C=O) groups is 1. The zero-order chi connectivity index (χ0) is 12.7. The van der Waals surface area contributed by atoms with E-state index in [0.717, 1.165) is 0 Å². The van der Waals surface area contributed by atoms with Gasteiger partial charge in [-0.25, -0.2) is 13.2 Å². The van der Waals surface area contributed by atoms with Crippen LogP contribution in [0.2, 0.25) is 0 Å². The molecule has 0 aliphatic carbocycles. The summed E-state index contributed by atoms with van der Waals surface area (Å²) < 4.78 is 27.8. The molecular formula is C10H19NO4S. The van der Waals surface area contributed by atoms with Gasteiger partial charge in [0, 0.05) is 12.8 Å². The molecule has 0 N–H and O–H groups in total. The molecular weight excluding hydrogens is 230 g/mol. The third kappa shape index (κ3) is 2.87. The van der Waals surface area contributed by atoms with Crippen LogP contribution in [0.15, 0.2) is 0 Å². The first kappa shape index (κ1) is 13.3. The second-order valence-corrected chi connectivity index (χ2v) is 7.51. The molecule has 16 heavy (non-hydrogen) atoms. The minimum Gasteiger partial charge on any atom is -0.444 e. The molecule has 1 heterocycles. The lowest BCUT2D eigenvalue weighted by Crippen LogP contribution is -2.63. The number of nitrogens with zero attached hydrogens (tertiary/aromatic N) is 1. The van der Waals surface area contributed by atoms with E-state index in [1.807, 2.05) is 0 Å². The lowest BCUT2D eigenvalue weighted by molar-refractivity contribution is -0.000285. The second-order valence-electron chi connectivity index (χ2n) is 5.24. The van der Waals surface area contributed by atoms with Crippen LogP contribution in [0.5, 0.6) is 0 Å². The van der Waals surface area contributed by atoms with Crippen molar-refractivity contribution in [2.75, 3.05) is 12.8 Å². The van der Waals surface area contributed by atoms with E-state index in [0.29, 0.717) is 0 Å². The maximum atomic E-state index is 11.6. The number of hydrogen-bond acceptors (Lipinski definition) is 4. The molecule has 0 aromatic heterocycles. The van der Waals surface area contributed by atoms with E-state index < -0.39 is 26.8 Å². The van der Waals surface area contributed by atoms with Gasteiger partial charge in [-0.2, -0.15) is 0 Å². The molecule has 1 aliphatic rings. The van der Waals surface area contributed by atoms with Crippen LogP contribution >= 0.6 is 0 Å². The molecule has 6 heteroatoms. The van der Waals surface area contributed by atoms with Crippen molar-refractivity contribution in [1.29, 1.82) is 0 Å². The number of carbonyl (C=O) groups excluding carboxylic acids is 1. The van der Waals surface area contributed by atoms with Crippen molar-refractivity contribution in [3.8, 4) is 0 Å². The summed E-state index contributed by atoms with van der Waals surface area (Å²) in [7, 11) is -3.07. The number of rotatable bonds is 1. The Labute approximate surface area is 96.7 Å². The molecule has 1 rings (SSSR count). The first-order chi connectivity index (χ1) is 7.02. The summed E-state index contributed by atoms with van der Waals surface area (Å²) in [6.45, 7) is 7.30. The molecule has 5 nitrogen and oxygen atoms in total. The quantitative estimate of drug-likeness (QED) is 0.696. The minimum atomic E-state index is -3.07. The maximum absolute atomic E-state index is 11.6. The number of hydrogen-bond donors (Lipinski definition) is 0. The SMILES string of the molecule is C[C@@H]1[C@H](S(C)(=O)=O)CN1C(=O)OC(C)(C)C. The normalized spacial score (nSPS) is 26.2. The van der Waals surface area contributed by atoms with Gasteiger partial charge in [-0.1, -0.05) is 0 Å². The van der Waals surface area contributed by atoms with Gasteiger partial charge in [0.1, 0.15) is 5.60 Å². The van der Waals surface area contributed by atoms with Crippen molar-refractivity contribution in [2.45, 2.75) is 44.6 Å². The van der Waals surface area contributed by atoms with Gasteiger partial charge in [0.25, 0.3) is 0 Å². The zero-order valence-corrected chi connectivity index (χ0v) is 11.2. The topological polar surface area (TPSA) is 63.7 Å². The number of ether oxygens (including phenoxy) is 1. The summed E-state index contributed by atoms with van der Waals surface area (Å²) in [5.74, 6) is 0. The van der Waals surface area contributed by atoms with Crippen LogP contribution in [0.4, 0.5) is 4.79 Å². The number of sulfone groups is 1. The van der Waals surface area contributed by atoms with Crippen molar-refractivity contribution >= 4 is 15.9 Å². The van der Waals surface area contributed by atoms with Gasteiger partial charge in [-0.3, -0.25) is 0 Å². The molecule has 1 aliphatic heterocycles. The summed E-state index contributed by atoms with van der Waals surface area (Å²) in [4.78, 5) is 13.1. The Hall–Kier alpha value is -0.780. The average Bonchev–Trinajstić information content (AvgIpc) is 1.94. The monoisotopic (exact) mass is 249 g/mol. The van der Waals surface area contributed by atoms with E-state index in [1.165, 1.54) is 11.2 Å². The molecule has 0 unspecified atom stereocenters. The summed E-state index contributed by atoms with van der Waals surface area (Å²) in [6, 6.07) is -0.301. The lowest BCUT2D eigenvalue weighted by atomic mass is 10.1. The summed E-state index contributed by atoms with van der Waals surface area (Å²) in [5, 5.41) is -0.458. The van der Waals surface area contributed by atoms with Gasteiger partial charge in [0.15, 0.2) is 9.84 Å². The van der Waals surface area contributed by atoms with E-state index in [2.05, 4.69) is 0 Å². The van der Waals surface area contributed by atoms with Crippen LogP contribution in [0.3, 0.4) is 0 Å². The second kappa shape index (κ2) is 3.91. The average molecular weight is 249 g/mol. The molecule has 0 bridgehead atoms. The smallest absolute Gasteiger partial charge is 0.410 e. The van der Waals surface area contributed by atoms with E-state index in [4.69, 9.17) is 4.74 Å². The Balaban J connectivity index is 2.60. The van der Waals surface area contributed by atoms with E-state index in [-0.39, 0.29) is 12.6 Å². The van der Waals surface area contributed by atoms with Gasteiger partial charge in [-0.15, -0.1) is 0 Å². The molecule has 0 aromatic rings. The number of likely N-dealkylation sites (tertiary alicyclic amines) is 1. The fraction of sp³-hybridized carbons (Fsp3) is 0.900. The van der Waals surface area contributed by atoms with Crippen molar-refractivity contribution in [3.63, 3.8) is 0 Å². The Morgan fingerprint density at radius 3 is 2.19 bits per heavy atom. The highest BCUT2D eigenvalue weighted by molar-refractivity contribution is 7.91. The molecule has 0 radical (unpaired) electrons. The van der Waals surface area contributed by atoms with Gasteiger partial charge in [0.05, 0.1) is 11.3 Å². The maximum Gasteiger partial charge on any atom is 0.410 e. The van der Waals surface area contributed by atoms with Gasteiger partial charge >= 0.3 is 6.09 Å². The molecule has 2 atom stereocenters. The predicted molar refractivity (Wildman–Crippen MR) is 61.0 cm³/mol. The molecule has 1 amide bonds. The highest BCUT2D eigenvalue weighted by Crippen LogP contribution is 2.26. The third-order valence-electron chi connectivity index (χ3n) is 2.58. The van der Waals surface area contributed by atoms with Gasteiger partial charge < -0.3 is 9.64 Å². The Kier molecular flexibility index (Phi) is 3.24. The summed E-state index contributed by atoms with van der Waals surface area (Å²) in [6.07, 6.45) is 0.751. The van der Waals surface area contributed by atoms with Gasteiger partial charge in [-0.05, 0) is 27.7 Å². The first-order valence-electron chi connectivity index (χ1n) is 5.21. The molecule has 94 valence electrons. The Morgan fingerprint density at radius 2 is 1.88 bits per heavy atom. The Morgan fingerprint density at radius 1 is 1.38 bits per heavy atom. The standard InChI is InChI=1S/C10H19NO4S/c1-7-8(16(5,13)14)6-11(7)9(12)15-10(2,3)4/h7-8H,6H2,1-5H3/t7-,8-/m1/s1. The zero-order valence-electron chi connectivity index (χ0n) is 10.4. The molecule has 0 saturated carbocycles.